The van der Waals surface area contributed by atoms with Crippen molar-refractivity contribution in [2.45, 2.75) is 45.2 Å². The Morgan fingerprint density at radius 1 is 1.38 bits per heavy atom. The molecule has 1 aromatic carbocycles. The quantitative estimate of drug-likeness (QED) is 0.843. The third-order valence-corrected chi connectivity index (χ3v) is 4.79. The van der Waals surface area contributed by atoms with E-state index in [1.165, 1.54) is 0 Å². The monoisotopic (exact) mass is 375 g/mol. The largest absolute Gasteiger partial charge is 0.334 e. The number of piperidine rings is 1. The second kappa shape index (κ2) is 8.18. The van der Waals surface area contributed by atoms with Gasteiger partial charge in [-0.15, -0.1) is 12.4 Å². The van der Waals surface area contributed by atoms with E-state index >= 15 is 0 Å². The minimum atomic E-state index is -3.39. The minimum Gasteiger partial charge on any atom is -0.334 e. The molecule has 1 heterocycles. The number of rotatable bonds is 4. The van der Waals surface area contributed by atoms with Gasteiger partial charge in [0.15, 0.2) is 0 Å². The number of aryl methyl sites for hydroxylation is 1. The van der Waals surface area contributed by atoms with Crippen LogP contribution in [-0.4, -0.2) is 44.1 Å². The van der Waals surface area contributed by atoms with Crippen LogP contribution in [0.4, 0.5) is 5.69 Å². The summed E-state index contributed by atoms with van der Waals surface area (Å²) in [5.74, 6) is -0.0939. The molecule has 0 aromatic heterocycles. The lowest BCUT2D eigenvalue weighted by Gasteiger charge is -2.38. The van der Waals surface area contributed by atoms with Crippen molar-refractivity contribution in [3.05, 3.63) is 29.3 Å². The summed E-state index contributed by atoms with van der Waals surface area (Å²) in [7, 11) is -3.39. The molecular formula is C16H26ClN3O3S. The zero-order chi connectivity index (χ0) is 17.2. The molecule has 2 rings (SSSR count). The fourth-order valence-electron chi connectivity index (χ4n) is 2.99. The molecule has 0 bridgehead atoms. The zero-order valence-electron chi connectivity index (χ0n) is 14.3. The second-order valence-electron chi connectivity index (χ2n) is 6.32. The highest BCUT2D eigenvalue weighted by atomic mass is 35.5. The summed E-state index contributed by atoms with van der Waals surface area (Å²) in [6, 6.07) is 5.04. The molecule has 1 aliphatic rings. The third-order valence-electron chi connectivity index (χ3n) is 4.20. The Balaban J connectivity index is 0.00000288. The maximum absolute atomic E-state index is 12.8. The van der Waals surface area contributed by atoms with E-state index in [2.05, 4.69) is 4.72 Å². The summed E-state index contributed by atoms with van der Waals surface area (Å²) in [5, 5.41) is 0. The molecule has 0 radical (unpaired) electrons. The van der Waals surface area contributed by atoms with Crippen LogP contribution >= 0.6 is 12.4 Å². The molecule has 2 unspecified atom stereocenters. The van der Waals surface area contributed by atoms with Crippen molar-refractivity contribution in [3.8, 4) is 0 Å². The molecule has 6 nitrogen and oxygen atoms in total. The molecule has 1 saturated heterocycles. The molecule has 1 aromatic rings. The minimum absolute atomic E-state index is 0. The van der Waals surface area contributed by atoms with Crippen molar-refractivity contribution in [2.75, 3.05) is 17.5 Å². The fourth-order valence-corrected chi connectivity index (χ4v) is 3.61. The number of likely N-dealkylation sites (tertiary alicyclic amines) is 1. The Bertz CT molecular complexity index is 692. The van der Waals surface area contributed by atoms with E-state index in [0.717, 1.165) is 31.1 Å². The molecule has 0 saturated carbocycles. The number of sulfonamides is 1. The normalized spacial score (nSPS) is 19.3. The van der Waals surface area contributed by atoms with E-state index in [0.29, 0.717) is 17.8 Å². The van der Waals surface area contributed by atoms with E-state index in [-0.39, 0.29) is 30.4 Å². The summed E-state index contributed by atoms with van der Waals surface area (Å²) in [4.78, 5) is 14.7. The van der Waals surface area contributed by atoms with Gasteiger partial charge in [0.1, 0.15) is 0 Å². The van der Waals surface area contributed by atoms with Crippen LogP contribution in [0.5, 0.6) is 0 Å². The highest BCUT2D eigenvalue weighted by molar-refractivity contribution is 7.92. The predicted molar refractivity (Wildman–Crippen MR) is 99.2 cm³/mol. The summed E-state index contributed by atoms with van der Waals surface area (Å²) >= 11 is 0. The maximum Gasteiger partial charge on any atom is 0.254 e. The SMILES string of the molecule is Cc1ccc(C(=O)N2CCCCC2C(C)N)cc1NS(C)(=O)=O.Cl. The van der Waals surface area contributed by atoms with Crippen molar-refractivity contribution in [2.24, 2.45) is 5.73 Å². The van der Waals surface area contributed by atoms with Gasteiger partial charge in [-0.1, -0.05) is 6.07 Å². The van der Waals surface area contributed by atoms with Crippen LogP contribution in [0, 0.1) is 6.92 Å². The average Bonchev–Trinajstić information content (AvgIpc) is 2.47. The van der Waals surface area contributed by atoms with Crippen LogP contribution in [0.25, 0.3) is 0 Å². The van der Waals surface area contributed by atoms with Crippen LogP contribution in [-0.2, 0) is 10.0 Å². The van der Waals surface area contributed by atoms with Crippen molar-refractivity contribution in [1.82, 2.24) is 4.90 Å². The van der Waals surface area contributed by atoms with Gasteiger partial charge in [-0.3, -0.25) is 9.52 Å². The van der Waals surface area contributed by atoms with E-state index in [1.807, 2.05) is 11.8 Å². The van der Waals surface area contributed by atoms with Crippen LogP contribution in [0.15, 0.2) is 18.2 Å². The number of amides is 1. The van der Waals surface area contributed by atoms with E-state index in [4.69, 9.17) is 5.73 Å². The molecule has 8 heteroatoms. The molecule has 0 aliphatic carbocycles. The zero-order valence-corrected chi connectivity index (χ0v) is 15.9. The molecule has 0 spiro atoms. The molecular weight excluding hydrogens is 350 g/mol. The number of hydrogen-bond acceptors (Lipinski definition) is 4. The highest BCUT2D eigenvalue weighted by Gasteiger charge is 2.30. The van der Waals surface area contributed by atoms with Crippen molar-refractivity contribution in [3.63, 3.8) is 0 Å². The van der Waals surface area contributed by atoms with Crippen LogP contribution in [0.1, 0.15) is 42.1 Å². The molecule has 24 heavy (non-hydrogen) atoms. The van der Waals surface area contributed by atoms with E-state index in [9.17, 15) is 13.2 Å². The van der Waals surface area contributed by atoms with Crippen molar-refractivity contribution >= 4 is 34.0 Å². The standard InChI is InChI=1S/C16H25N3O3S.ClH/c1-11-7-8-13(10-14(11)18-23(3,21)22)16(20)19-9-5-4-6-15(19)12(2)17;/h7-8,10,12,15,18H,4-6,9,17H2,1-3H3;1H. The van der Waals surface area contributed by atoms with Gasteiger partial charge in [-0.2, -0.15) is 0 Å². The van der Waals surface area contributed by atoms with Crippen LogP contribution in [0.2, 0.25) is 0 Å². The molecule has 3 N–H and O–H groups in total. The van der Waals surface area contributed by atoms with Gasteiger partial charge < -0.3 is 10.6 Å². The topological polar surface area (TPSA) is 92.5 Å². The predicted octanol–water partition coefficient (Wildman–Crippen LogP) is 2.13. The second-order valence-corrected chi connectivity index (χ2v) is 8.07. The first kappa shape index (κ1) is 20.7. The molecule has 1 aliphatic heterocycles. The smallest absolute Gasteiger partial charge is 0.254 e. The third kappa shape index (κ3) is 5.09. The van der Waals surface area contributed by atoms with Crippen LogP contribution < -0.4 is 10.5 Å². The van der Waals surface area contributed by atoms with Gasteiger partial charge in [0.05, 0.1) is 11.9 Å². The first-order valence-corrected chi connectivity index (χ1v) is 9.73. The van der Waals surface area contributed by atoms with E-state index < -0.39 is 10.0 Å². The Labute approximate surface area is 150 Å². The number of nitrogens with two attached hydrogens (primary N) is 1. The number of nitrogens with zero attached hydrogens (tertiary/aromatic N) is 1. The molecule has 136 valence electrons. The molecule has 1 fully saturated rings. The number of nitrogens with one attached hydrogen (secondary N) is 1. The van der Waals surface area contributed by atoms with Crippen molar-refractivity contribution in [1.29, 1.82) is 0 Å². The summed E-state index contributed by atoms with van der Waals surface area (Å²) in [5.41, 5.74) is 7.72. The summed E-state index contributed by atoms with van der Waals surface area (Å²) < 4.78 is 25.4. The fraction of sp³-hybridized carbons (Fsp3) is 0.562. The number of hydrogen-bond donors (Lipinski definition) is 2. The molecule has 2 atom stereocenters. The average molecular weight is 376 g/mol. The number of halogens is 1. The summed E-state index contributed by atoms with van der Waals surface area (Å²) in [6.07, 6.45) is 4.04. The van der Waals surface area contributed by atoms with Gasteiger partial charge in [0.25, 0.3) is 5.91 Å². The Hall–Kier alpha value is -1.31. The first-order valence-electron chi connectivity index (χ1n) is 7.84. The van der Waals surface area contributed by atoms with E-state index in [1.54, 1.807) is 25.1 Å². The van der Waals surface area contributed by atoms with Gasteiger partial charge in [-0.25, -0.2) is 8.42 Å². The number of benzene rings is 1. The Kier molecular flexibility index (Phi) is 7.07. The van der Waals surface area contributed by atoms with Gasteiger partial charge >= 0.3 is 0 Å². The number of anilines is 1. The van der Waals surface area contributed by atoms with Crippen molar-refractivity contribution < 1.29 is 13.2 Å². The lowest BCUT2D eigenvalue weighted by atomic mass is 9.96. The first-order chi connectivity index (χ1) is 10.7. The number of carbonyl (C=O) groups excluding carboxylic acids is 1. The highest BCUT2D eigenvalue weighted by Crippen LogP contribution is 2.24. The Morgan fingerprint density at radius 2 is 2.04 bits per heavy atom. The number of carbonyl (C=O) groups is 1. The van der Waals surface area contributed by atoms with Gasteiger partial charge in [-0.05, 0) is 50.8 Å². The maximum atomic E-state index is 12.8. The summed E-state index contributed by atoms with van der Waals surface area (Å²) in [6.45, 7) is 4.41. The Morgan fingerprint density at radius 3 is 2.62 bits per heavy atom. The van der Waals surface area contributed by atoms with Gasteiger partial charge in [0, 0.05) is 24.2 Å². The lowest BCUT2D eigenvalue weighted by molar-refractivity contribution is 0.0584. The van der Waals surface area contributed by atoms with Gasteiger partial charge in [0.2, 0.25) is 10.0 Å². The van der Waals surface area contributed by atoms with Crippen LogP contribution in [0.3, 0.4) is 0 Å². The lowest BCUT2D eigenvalue weighted by Crippen LogP contribution is -2.51. The molecule has 1 amide bonds.